The van der Waals surface area contributed by atoms with E-state index in [1.54, 1.807) is 17.3 Å². The summed E-state index contributed by atoms with van der Waals surface area (Å²) >= 11 is 0. The molecule has 0 fully saturated rings. The van der Waals surface area contributed by atoms with Gasteiger partial charge in [0.05, 0.1) is 23.8 Å². The van der Waals surface area contributed by atoms with Gasteiger partial charge in [-0.1, -0.05) is 0 Å². The van der Waals surface area contributed by atoms with Crippen molar-refractivity contribution in [1.82, 2.24) is 35.4 Å². The van der Waals surface area contributed by atoms with Crippen molar-refractivity contribution < 1.29 is 4.79 Å². The van der Waals surface area contributed by atoms with Crippen LogP contribution in [0.4, 0.5) is 0 Å². The maximum Gasteiger partial charge on any atom is 0.237 e. The molecule has 0 aromatic carbocycles. The first-order valence-corrected chi connectivity index (χ1v) is 6.59. The molecule has 0 bridgehead atoms. The van der Waals surface area contributed by atoms with Crippen LogP contribution >= 0.6 is 0 Å². The van der Waals surface area contributed by atoms with Crippen molar-refractivity contribution >= 4 is 5.91 Å². The summed E-state index contributed by atoms with van der Waals surface area (Å²) < 4.78 is 1.65. The molecule has 0 saturated carbocycles. The Bertz CT molecular complexity index is 602. The first-order valence-electron chi connectivity index (χ1n) is 6.59. The van der Waals surface area contributed by atoms with Gasteiger partial charge in [-0.2, -0.15) is 5.10 Å². The predicted octanol–water partition coefficient (Wildman–Crippen LogP) is -1.09. The van der Waals surface area contributed by atoms with E-state index in [4.69, 9.17) is 0 Å². The number of carbonyl (C=O) groups excluding carboxylic acids is 1. The number of nitrogens with one attached hydrogen (secondary N) is 3. The number of imidazole rings is 1. The Kier molecular flexibility index (Phi) is 3.46. The molecule has 3 N–H and O–H groups in total. The lowest BCUT2D eigenvalue weighted by Gasteiger charge is -2.22. The van der Waals surface area contributed by atoms with Gasteiger partial charge < -0.3 is 10.3 Å². The van der Waals surface area contributed by atoms with E-state index in [-0.39, 0.29) is 11.9 Å². The second-order valence-electron chi connectivity index (χ2n) is 4.84. The zero-order chi connectivity index (χ0) is 13.9. The highest BCUT2D eigenvalue weighted by Crippen LogP contribution is 2.11. The Morgan fingerprint density at radius 3 is 3.25 bits per heavy atom. The monoisotopic (exact) mass is 275 g/mol. The lowest BCUT2D eigenvalue weighted by Crippen LogP contribution is -2.48. The Balaban J connectivity index is 1.48. The number of nitrogens with zero attached hydrogens (tertiary/aromatic N) is 4. The van der Waals surface area contributed by atoms with E-state index in [0.29, 0.717) is 25.9 Å². The van der Waals surface area contributed by atoms with Crippen molar-refractivity contribution in [2.75, 3.05) is 6.54 Å². The SMILES string of the molecule is Cn1cnc(CCNC(=O)C2Cc3nc[nH]c3CN2)n1. The van der Waals surface area contributed by atoms with Gasteiger partial charge in [0.15, 0.2) is 5.82 Å². The lowest BCUT2D eigenvalue weighted by molar-refractivity contribution is -0.123. The number of rotatable bonds is 4. The standard InChI is InChI=1S/C12H17N7O/c1-19-7-17-11(18-19)2-3-13-12(20)9-4-8-10(5-14-9)16-6-15-8/h6-7,9,14H,2-5H2,1H3,(H,13,20)(H,15,16). The summed E-state index contributed by atoms with van der Waals surface area (Å²) in [7, 11) is 1.82. The molecule has 0 aliphatic carbocycles. The van der Waals surface area contributed by atoms with Crippen molar-refractivity contribution in [3.63, 3.8) is 0 Å². The molecule has 1 aliphatic rings. The minimum atomic E-state index is -0.220. The zero-order valence-electron chi connectivity index (χ0n) is 11.3. The highest BCUT2D eigenvalue weighted by molar-refractivity contribution is 5.82. The van der Waals surface area contributed by atoms with E-state index in [1.165, 1.54) is 0 Å². The van der Waals surface area contributed by atoms with Crippen molar-refractivity contribution in [3.8, 4) is 0 Å². The first kappa shape index (κ1) is 12.8. The number of H-pyrrole nitrogens is 1. The quantitative estimate of drug-likeness (QED) is 0.658. The summed E-state index contributed by atoms with van der Waals surface area (Å²) in [6.07, 6.45) is 4.57. The highest BCUT2D eigenvalue weighted by atomic mass is 16.2. The summed E-state index contributed by atoms with van der Waals surface area (Å²) in [6, 6.07) is -0.220. The Labute approximate surface area is 116 Å². The highest BCUT2D eigenvalue weighted by Gasteiger charge is 2.25. The Morgan fingerprint density at radius 2 is 2.45 bits per heavy atom. The van der Waals surface area contributed by atoms with Crippen LogP contribution in [0.3, 0.4) is 0 Å². The fourth-order valence-corrected chi connectivity index (χ4v) is 2.27. The molecule has 1 unspecified atom stereocenters. The Morgan fingerprint density at radius 1 is 1.55 bits per heavy atom. The van der Waals surface area contributed by atoms with Crippen LogP contribution in [0.1, 0.15) is 17.2 Å². The van der Waals surface area contributed by atoms with Crippen LogP contribution in [0.15, 0.2) is 12.7 Å². The summed E-state index contributed by atoms with van der Waals surface area (Å²) in [6.45, 7) is 1.18. The summed E-state index contributed by atoms with van der Waals surface area (Å²) in [5.74, 6) is 0.730. The lowest BCUT2D eigenvalue weighted by atomic mass is 10.0. The molecule has 1 amide bonds. The smallest absolute Gasteiger partial charge is 0.237 e. The largest absolute Gasteiger partial charge is 0.354 e. The molecule has 0 radical (unpaired) electrons. The number of aromatic nitrogens is 5. The summed E-state index contributed by atoms with van der Waals surface area (Å²) in [5, 5.41) is 10.3. The third kappa shape index (κ3) is 2.69. The van der Waals surface area contributed by atoms with E-state index in [1.807, 2.05) is 7.05 Å². The molecule has 20 heavy (non-hydrogen) atoms. The van der Waals surface area contributed by atoms with Crippen LogP contribution in [-0.2, 0) is 31.2 Å². The number of hydrogen-bond acceptors (Lipinski definition) is 5. The second kappa shape index (κ2) is 5.41. The van der Waals surface area contributed by atoms with Crippen LogP contribution < -0.4 is 10.6 Å². The third-order valence-electron chi connectivity index (χ3n) is 3.34. The van der Waals surface area contributed by atoms with Crippen molar-refractivity contribution in [2.45, 2.75) is 25.4 Å². The molecule has 1 atom stereocenters. The van der Waals surface area contributed by atoms with Gasteiger partial charge in [-0.15, -0.1) is 0 Å². The van der Waals surface area contributed by atoms with Gasteiger partial charge in [0, 0.05) is 33.0 Å². The van der Waals surface area contributed by atoms with Crippen molar-refractivity contribution in [3.05, 3.63) is 29.9 Å². The van der Waals surface area contributed by atoms with Gasteiger partial charge in [0.1, 0.15) is 6.33 Å². The van der Waals surface area contributed by atoms with E-state index < -0.39 is 0 Å². The van der Waals surface area contributed by atoms with Gasteiger partial charge in [0.25, 0.3) is 0 Å². The van der Waals surface area contributed by atoms with Crippen LogP contribution in [0, 0.1) is 0 Å². The second-order valence-corrected chi connectivity index (χ2v) is 4.84. The van der Waals surface area contributed by atoms with Gasteiger partial charge in [-0.05, 0) is 0 Å². The molecule has 8 heteroatoms. The summed E-state index contributed by atoms with van der Waals surface area (Å²) in [5.41, 5.74) is 2.03. The molecule has 3 heterocycles. The molecule has 8 nitrogen and oxygen atoms in total. The number of aryl methyl sites for hydroxylation is 1. The Hall–Kier alpha value is -2.22. The maximum atomic E-state index is 12.1. The van der Waals surface area contributed by atoms with Gasteiger partial charge >= 0.3 is 0 Å². The van der Waals surface area contributed by atoms with Crippen molar-refractivity contribution in [1.29, 1.82) is 0 Å². The molecule has 0 saturated heterocycles. The first-order chi connectivity index (χ1) is 9.72. The van der Waals surface area contributed by atoms with Crippen LogP contribution in [0.5, 0.6) is 0 Å². The molecule has 1 aliphatic heterocycles. The minimum Gasteiger partial charge on any atom is -0.354 e. The molecule has 106 valence electrons. The van der Waals surface area contributed by atoms with E-state index in [0.717, 1.165) is 17.2 Å². The van der Waals surface area contributed by atoms with E-state index >= 15 is 0 Å². The predicted molar refractivity (Wildman–Crippen MR) is 70.6 cm³/mol. The maximum absolute atomic E-state index is 12.1. The average molecular weight is 275 g/mol. The number of hydrogen-bond donors (Lipinski definition) is 3. The minimum absolute atomic E-state index is 0.00502. The number of amides is 1. The number of aromatic amines is 1. The molecule has 2 aromatic rings. The number of fused-ring (bicyclic) bond motifs is 1. The van der Waals surface area contributed by atoms with Gasteiger partial charge in [-0.3, -0.25) is 14.8 Å². The van der Waals surface area contributed by atoms with Gasteiger partial charge in [0.2, 0.25) is 5.91 Å². The molecule has 0 spiro atoms. The molecule has 2 aromatic heterocycles. The number of carbonyl (C=O) groups is 1. The van der Waals surface area contributed by atoms with Crippen molar-refractivity contribution in [2.24, 2.45) is 7.05 Å². The van der Waals surface area contributed by atoms with E-state index in [2.05, 4.69) is 30.7 Å². The van der Waals surface area contributed by atoms with E-state index in [9.17, 15) is 4.79 Å². The molecular weight excluding hydrogens is 258 g/mol. The van der Waals surface area contributed by atoms with Crippen LogP contribution in [-0.4, -0.2) is 43.2 Å². The third-order valence-corrected chi connectivity index (χ3v) is 3.34. The fourth-order valence-electron chi connectivity index (χ4n) is 2.27. The molecular formula is C12H17N7O. The fraction of sp³-hybridized carbons (Fsp3) is 0.500. The summed E-state index contributed by atoms with van der Waals surface area (Å²) in [4.78, 5) is 23.5. The zero-order valence-corrected chi connectivity index (χ0v) is 11.3. The topological polar surface area (TPSA) is 101 Å². The average Bonchev–Trinajstić information content (AvgIpc) is 3.06. The molecule has 3 rings (SSSR count). The normalized spacial score (nSPS) is 17.8. The van der Waals surface area contributed by atoms with Crippen LogP contribution in [0.2, 0.25) is 0 Å². The van der Waals surface area contributed by atoms with Crippen LogP contribution in [0.25, 0.3) is 0 Å². The van der Waals surface area contributed by atoms with Gasteiger partial charge in [-0.25, -0.2) is 9.97 Å².